The van der Waals surface area contributed by atoms with Crippen molar-refractivity contribution in [3.8, 4) is 23.8 Å². The Kier molecular flexibility index (Phi) is 3.03. The molecule has 5 atom stereocenters. The first kappa shape index (κ1) is 14.9. The first-order chi connectivity index (χ1) is 10.9. The molecular formula is C20H24O3. The summed E-state index contributed by atoms with van der Waals surface area (Å²) < 4.78 is 0. The van der Waals surface area contributed by atoms with E-state index in [2.05, 4.69) is 12.8 Å². The summed E-state index contributed by atoms with van der Waals surface area (Å²) in [6.45, 7) is 2.17. The Balaban J connectivity index is 1.74. The quantitative estimate of drug-likeness (QED) is 0.509. The Labute approximate surface area is 137 Å². The molecule has 0 saturated heterocycles. The van der Waals surface area contributed by atoms with Crippen molar-refractivity contribution in [1.82, 2.24) is 0 Å². The average Bonchev–Trinajstić information content (AvgIpc) is 2.81. The third-order valence-electron chi connectivity index (χ3n) is 7.21. The highest BCUT2D eigenvalue weighted by Gasteiger charge is 2.61. The van der Waals surface area contributed by atoms with Gasteiger partial charge in [-0.1, -0.05) is 12.8 Å². The highest BCUT2D eigenvalue weighted by Crippen LogP contribution is 2.64. The normalized spacial score (nSPS) is 41.5. The van der Waals surface area contributed by atoms with Crippen LogP contribution in [0.1, 0.15) is 56.1 Å². The second kappa shape index (κ2) is 4.68. The minimum absolute atomic E-state index is 0.0228. The number of hydrogen-bond acceptors (Lipinski definition) is 3. The number of benzene rings is 1. The van der Waals surface area contributed by atoms with E-state index in [1.54, 1.807) is 12.1 Å². The first-order valence-corrected chi connectivity index (χ1v) is 8.64. The van der Waals surface area contributed by atoms with Crippen LogP contribution < -0.4 is 0 Å². The van der Waals surface area contributed by atoms with Gasteiger partial charge in [0.1, 0.15) is 5.60 Å². The molecule has 0 spiro atoms. The Morgan fingerprint density at radius 1 is 1.13 bits per heavy atom. The molecule has 0 amide bonds. The van der Waals surface area contributed by atoms with Gasteiger partial charge in [-0.2, -0.15) is 0 Å². The number of hydrogen-bond donors (Lipinski definition) is 3. The molecule has 0 aliphatic heterocycles. The van der Waals surface area contributed by atoms with Crippen LogP contribution in [0.4, 0.5) is 0 Å². The number of rotatable bonds is 0. The van der Waals surface area contributed by atoms with Gasteiger partial charge in [-0.25, -0.2) is 0 Å². The summed E-state index contributed by atoms with van der Waals surface area (Å²) in [5.74, 6) is 4.00. The molecule has 4 rings (SSSR count). The second-order valence-electron chi connectivity index (χ2n) is 7.95. The molecule has 3 N–H and O–H groups in total. The average molecular weight is 312 g/mol. The van der Waals surface area contributed by atoms with Gasteiger partial charge in [0, 0.05) is 5.41 Å². The van der Waals surface area contributed by atoms with Gasteiger partial charge >= 0.3 is 0 Å². The van der Waals surface area contributed by atoms with Crippen molar-refractivity contribution in [2.24, 2.45) is 17.3 Å². The minimum Gasteiger partial charge on any atom is -0.504 e. The van der Waals surface area contributed by atoms with Crippen molar-refractivity contribution in [1.29, 1.82) is 0 Å². The summed E-state index contributed by atoms with van der Waals surface area (Å²) in [5, 5.41) is 30.6. The van der Waals surface area contributed by atoms with E-state index in [-0.39, 0.29) is 16.9 Å². The van der Waals surface area contributed by atoms with Gasteiger partial charge in [-0.3, -0.25) is 0 Å². The lowest BCUT2D eigenvalue weighted by Gasteiger charge is -2.52. The van der Waals surface area contributed by atoms with Crippen molar-refractivity contribution in [3.63, 3.8) is 0 Å². The van der Waals surface area contributed by atoms with Gasteiger partial charge in [-0.15, -0.1) is 6.42 Å². The highest BCUT2D eigenvalue weighted by molar-refractivity contribution is 5.48. The summed E-state index contributed by atoms with van der Waals surface area (Å²) in [6, 6.07) is 3.48. The molecule has 0 aromatic heterocycles. The summed E-state index contributed by atoms with van der Waals surface area (Å²) in [7, 11) is 0. The summed E-state index contributed by atoms with van der Waals surface area (Å²) in [4.78, 5) is 0. The second-order valence-corrected chi connectivity index (χ2v) is 7.95. The molecule has 23 heavy (non-hydrogen) atoms. The van der Waals surface area contributed by atoms with Crippen molar-refractivity contribution in [3.05, 3.63) is 23.3 Å². The van der Waals surface area contributed by atoms with Crippen LogP contribution in [-0.2, 0) is 6.42 Å². The van der Waals surface area contributed by atoms with E-state index in [9.17, 15) is 15.3 Å². The van der Waals surface area contributed by atoms with E-state index in [4.69, 9.17) is 6.42 Å². The van der Waals surface area contributed by atoms with Gasteiger partial charge in [0.15, 0.2) is 11.5 Å². The fourth-order valence-electron chi connectivity index (χ4n) is 5.85. The number of aryl methyl sites for hydroxylation is 1. The van der Waals surface area contributed by atoms with Gasteiger partial charge in [0.25, 0.3) is 0 Å². The van der Waals surface area contributed by atoms with Gasteiger partial charge in [-0.05, 0) is 79.5 Å². The molecule has 3 heteroatoms. The smallest absolute Gasteiger partial charge is 0.157 e. The predicted octanol–water partition coefficient (Wildman–Crippen LogP) is 3.32. The third kappa shape index (κ3) is 1.82. The zero-order valence-corrected chi connectivity index (χ0v) is 13.5. The molecule has 3 aliphatic rings. The molecule has 2 fully saturated rings. The Bertz CT molecular complexity index is 704. The zero-order valence-electron chi connectivity index (χ0n) is 13.5. The van der Waals surface area contributed by atoms with Crippen LogP contribution in [0.25, 0.3) is 0 Å². The van der Waals surface area contributed by atoms with E-state index in [1.807, 2.05) is 0 Å². The molecule has 1 aromatic carbocycles. The molecule has 2 saturated carbocycles. The lowest BCUT2D eigenvalue weighted by Crippen LogP contribution is -2.50. The number of terminal acetylenes is 1. The predicted molar refractivity (Wildman–Crippen MR) is 88.2 cm³/mol. The topological polar surface area (TPSA) is 60.7 Å². The highest BCUT2D eigenvalue weighted by atomic mass is 16.3. The SMILES string of the molecule is C#CC1(O)CC[C@H]2[C@@H]3CCc4cc(O)c(O)cc4[C@H]3CC[C@@]21C. The van der Waals surface area contributed by atoms with Crippen LogP contribution in [0.2, 0.25) is 0 Å². The van der Waals surface area contributed by atoms with Crippen LogP contribution in [0.15, 0.2) is 12.1 Å². The van der Waals surface area contributed by atoms with E-state index in [0.717, 1.165) is 37.7 Å². The largest absolute Gasteiger partial charge is 0.504 e. The number of aromatic hydroxyl groups is 2. The molecular weight excluding hydrogens is 288 g/mol. The lowest BCUT2D eigenvalue weighted by atomic mass is 9.53. The minimum atomic E-state index is -0.972. The maximum absolute atomic E-state index is 10.9. The van der Waals surface area contributed by atoms with Crippen molar-refractivity contribution < 1.29 is 15.3 Å². The van der Waals surface area contributed by atoms with Crippen molar-refractivity contribution in [2.45, 2.75) is 57.0 Å². The van der Waals surface area contributed by atoms with Crippen LogP contribution in [0, 0.1) is 29.6 Å². The lowest BCUT2D eigenvalue weighted by molar-refractivity contribution is -0.0647. The molecule has 0 bridgehead atoms. The fraction of sp³-hybridized carbons (Fsp3) is 0.600. The maximum atomic E-state index is 10.9. The molecule has 3 aliphatic carbocycles. The fourth-order valence-corrected chi connectivity index (χ4v) is 5.85. The van der Waals surface area contributed by atoms with E-state index in [0.29, 0.717) is 24.2 Å². The van der Waals surface area contributed by atoms with E-state index >= 15 is 0 Å². The van der Waals surface area contributed by atoms with Crippen molar-refractivity contribution in [2.75, 3.05) is 0 Å². The zero-order chi connectivity index (χ0) is 16.4. The standard InChI is InChI=1S/C20H24O3/c1-3-20(23)9-7-16-14-5-4-12-10-17(21)18(22)11-15(12)13(14)6-8-19(16,20)2/h1,10-11,13-14,16,21-23H,4-9H2,2H3/t13-,14+,16-,19-,20?/m0/s1. The molecule has 122 valence electrons. The number of phenols is 2. The monoisotopic (exact) mass is 312 g/mol. The van der Waals surface area contributed by atoms with Gasteiger partial charge in [0.2, 0.25) is 0 Å². The van der Waals surface area contributed by atoms with E-state index < -0.39 is 5.60 Å². The molecule has 1 aromatic rings. The maximum Gasteiger partial charge on any atom is 0.157 e. The Hall–Kier alpha value is -1.66. The first-order valence-electron chi connectivity index (χ1n) is 8.64. The Morgan fingerprint density at radius 2 is 1.87 bits per heavy atom. The molecule has 3 nitrogen and oxygen atoms in total. The van der Waals surface area contributed by atoms with Crippen LogP contribution in [-0.4, -0.2) is 20.9 Å². The van der Waals surface area contributed by atoms with Crippen LogP contribution in [0.5, 0.6) is 11.5 Å². The van der Waals surface area contributed by atoms with Crippen LogP contribution in [0.3, 0.4) is 0 Å². The Morgan fingerprint density at radius 3 is 2.61 bits per heavy atom. The summed E-state index contributed by atoms with van der Waals surface area (Å²) in [5.41, 5.74) is 1.18. The number of phenolic OH excluding ortho intramolecular Hbond substituents is 2. The molecule has 1 unspecified atom stereocenters. The third-order valence-corrected chi connectivity index (χ3v) is 7.21. The summed E-state index contributed by atoms with van der Waals surface area (Å²) in [6.07, 6.45) is 11.3. The van der Waals surface area contributed by atoms with E-state index in [1.165, 1.54) is 5.56 Å². The number of fused-ring (bicyclic) bond motifs is 5. The molecule has 0 heterocycles. The van der Waals surface area contributed by atoms with Crippen molar-refractivity contribution >= 4 is 0 Å². The van der Waals surface area contributed by atoms with Gasteiger partial charge in [0.05, 0.1) is 0 Å². The molecule has 0 radical (unpaired) electrons. The van der Waals surface area contributed by atoms with Crippen LogP contribution >= 0.6 is 0 Å². The van der Waals surface area contributed by atoms with Gasteiger partial charge < -0.3 is 15.3 Å². The number of aliphatic hydroxyl groups is 1. The summed E-state index contributed by atoms with van der Waals surface area (Å²) >= 11 is 0.